The molecule has 2 rings (SSSR count). The summed E-state index contributed by atoms with van der Waals surface area (Å²) in [5.41, 5.74) is 1.13. The summed E-state index contributed by atoms with van der Waals surface area (Å²) in [6.07, 6.45) is 1.18. The summed E-state index contributed by atoms with van der Waals surface area (Å²) in [6, 6.07) is 0. The first-order chi connectivity index (χ1) is 5.29. The number of aryl methyl sites for hydroxylation is 2. The first-order valence-corrected chi connectivity index (χ1v) is 4.83. The zero-order chi connectivity index (χ0) is 7.84. The fourth-order valence-corrected chi connectivity index (χ4v) is 1.90. The molecule has 0 bridgehead atoms. The largest absolute Gasteiger partial charge is 0.369 e. The van der Waals surface area contributed by atoms with E-state index in [-0.39, 0.29) is 0 Å². The van der Waals surface area contributed by atoms with Gasteiger partial charge in [0, 0.05) is 13.1 Å². The fraction of sp³-hybridized carbons (Fsp3) is 0.571. The van der Waals surface area contributed by atoms with Crippen molar-refractivity contribution < 1.29 is 0 Å². The van der Waals surface area contributed by atoms with Crippen molar-refractivity contribution >= 4 is 28.4 Å². The molecule has 60 valence electrons. The normalized spacial score (nSPS) is 15.8. The summed E-state index contributed by atoms with van der Waals surface area (Å²) < 4.78 is 3.32. The number of rotatable bonds is 0. The molecule has 0 amide bonds. The molecule has 0 aromatic carbocycles. The second-order valence-electron chi connectivity index (χ2n) is 2.75. The van der Waals surface area contributed by atoms with Crippen molar-refractivity contribution in [3.05, 3.63) is 9.26 Å². The molecule has 0 spiro atoms. The highest BCUT2D eigenvalue weighted by Gasteiger charge is 2.14. The van der Waals surface area contributed by atoms with Crippen molar-refractivity contribution in [3.8, 4) is 0 Å². The Kier molecular flexibility index (Phi) is 1.78. The summed E-state index contributed by atoms with van der Waals surface area (Å²) in [6.45, 7) is 4.20. The van der Waals surface area contributed by atoms with Crippen LogP contribution in [0.2, 0.25) is 0 Å². The summed E-state index contributed by atoms with van der Waals surface area (Å²) in [4.78, 5) is 0. The second-order valence-corrected chi connectivity index (χ2v) is 3.83. The highest BCUT2D eigenvalue weighted by molar-refractivity contribution is 14.1. The lowest BCUT2D eigenvalue weighted by Crippen LogP contribution is -2.17. The molecule has 0 radical (unpaired) electrons. The van der Waals surface area contributed by atoms with Crippen molar-refractivity contribution in [3.63, 3.8) is 0 Å². The van der Waals surface area contributed by atoms with Crippen molar-refractivity contribution in [1.29, 1.82) is 0 Å². The van der Waals surface area contributed by atoms with Crippen LogP contribution < -0.4 is 5.32 Å². The monoisotopic (exact) mass is 263 g/mol. The molecule has 0 atom stereocenters. The van der Waals surface area contributed by atoms with Crippen molar-refractivity contribution in [2.45, 2.75) is 19.9 Å². The number of hydrogen-bond acceptors (Lipinski definition) is 2. The molecule has 0 unspecified atom stereocenters. The van der Waals surface area contributed by atoms with E-state index in [1.807, 2.05) is 0 Å². The van der Waals surface area contributed by atoms with Crippen LogP contribution in [0, 0.1) is 10.5 Å². The van der Waals surface area contributed by atoms with E-state index in [0.717, 1.165) is 18.8 Å². The van der Waals surface area contributed by atoms with Crippen LogP contribution in [-0.2, 0) is 6.54 Å². The third-order valence-corrected chi connectivity index (χ3v) is 3.19. The molecule has 1 N–H and O–H groups in total. The summed E-state index contributed by atoms with van der Waals surface area (Å²) in [5, 5.41) is 7.74. The molecule has 1 aromatic rings. The number of hydrogen-bond donors (Lipinski definition) is 1. The van der Waals surface area contributed by atoms with E-state index in [4.69, 9.17) is 0 Å². The number of nitrogens with zero attached hydrogens (tertiary/aromatic N) is 2. The SMILES string of the molecule is Cc1nn2c(c1I)NCCC2. The van der Waals surface area contributed by atoms with Gasteiger partial charge in [-0.2, -0.15) is 5.10 Å². The predicted octanol–water partition coefficient (Wildman–Crippen LogP) is 1.61. The summed E-state index contributed by atoms with van der Waals surface area (Å²) >= 11 is 2.34. The van der Waals surface area contributed by atoms with E-state index >= 15 is 0 Å². The summed E-state index contributed by atoms with van der Waals surface area (Å²) in [7, 11) is 0. The maximum atomic E-state index is 4.40. The molecule has 11 heavy (non-hydrogen) atoms. The predicted molar refractivity (Wildman–Crippen MR) is 52.8 cm³/mol. The Morgan fingerprint density at radius 2 is 2.45 bits per heavy atom. The van der Waals surface area contributed by atoms with E-state index < -0.39 is 0 Å². The Balaban J connectivity index is 2.50. The number of fused-ring (bicyclic) bond motifs is 1. The number of anilines is 1. The van der Waals surface area contributed by atoms with Crippen molar-refractivity contribution in [2.75, 3.05) is 11.9 Å². The minimum Gasteiger partial charge on any atom is -0.369 e. The fourth-order valence-electron chi connectivity index (χ4n) is 1.33. The van der Waals surface area contributed by atoms with E-state index in [0.29, 0.717) is 0 Å². The van der Waals surface area contributed by atoms with Crippen LogP contribution in [0.1, 0.15) is 12.1 Å². The molecule has 3 nitrogen and oxygen atoms in total. The molecule has 0 saturated carbocycles. The molecule has 0 fully saturated rings. The van der Waals surface area contributed by atoms with Crippen LogP contribution in [-0.4, -0.2) is 16.3 Å². The van der Waals surface area contributed by atoms with Crippen LogP contribution in [0.15, 0.2) is 0 Å². The Hall–Kier alpha value is -0.260. The van der Waals surface area contributed by atoms with Gasteiger partial charge in [-0.1, -0.05) is 0 Å². The quantitative estimate of drug-likeness (QED) is 0.721. The minimum atomic E-state index is 1.06. The smallest absolute Gasteiger partial charge is 0.138 e. The van der Waals surface area contributed by atoms with Gasteiger partial charge in [-0.15, -0.1) is 0 Å². The van der Waals surface area contributed by atoms with Gasteiger partial charge in [-0.05, 0) is 35.9 Å². The molecule has 0 aliphatic carbocycles. The van der Waals surface area contributed by atoms with Gasteiger partial charge in [0.1, 0.15) is 5.82 Å². The molecule has 2 heterocycles. The van der Waals surface area contributed by atoms with E-state index in [9.17, 15) is 0 Å². The molecular formula is C7H10IN3. The number of nitrogens with one attached hydrogen (secondary N) is 1. The van der Waals surface area contributed by atoms with Gasteiger partial charge < -0.3 is 5.32 Å². The topological polar surface area (TPSA) is 29.9 Å². The highest BCUT2D eigenvalue weighted by atomic mass is 127. The lowest BCUT2D eigenvalue weighted by atomic mass is 10.3. The van der Waals surface area contributed by atoms with Gasteiger partial charge in [0.2, 0.25) is 0 Å². The van der Waals surface area contributed by atoms with Gasteiger partial charge in [0.05, 0.1) is 9.26 Å². The van der Waals surface area contributed by atoms with Crippen LogP contribution in [0.3, 0.4) is 0 Å². The molecule has 1 aromatic heterocycles. The molecule has 4 heteroatoms. The van der Waals surface area contributed by atoms with Gasteiger partial charge in [-0.3, -0.25) is 0 Å². The summed E-state index contributed by atoms with van der Waals surface area (Å²) in [5.74, 6) is 1.20. The maximum absolute atomic E-state index is 4.40. The zero-order valence-corrected chi connectivity index (χ0v) is 8.55. The Labute approximate surface area is 79.3 Å². The van der Waals surface area contributed by atoms with Gasteiger partial charge in [0.25, 0.3) is 0 Å². The lowest BCUT2D eigenvalue weighted by Gasteiger charge is -2.15. The van der Waals surface area contributed by atoms with Crippen LogP contribution in [0.4, 0.5) is 5.82 Å². The third-order valence-electron chi connectivity index (χ3n) is 1.89. The average Bonchev–Trinajstić information content (AvgIpc) is 2.30. The van der Waals surface area contributed by atoms with Gasteiger partial charge in [0.15, 0.2) is 0 Å². The first-order valence-electron chi connectivity index (χ1n) is 3.76. The van der Waals surface area contributed by atoms with E-state index in [1.54, 1.807) is 0 Å². The van der Waals surface area contributed by atoms with Gasteiger partial charge in [-0.25, -0.2) is 4.68 Å². The molecule has 1 aliphatic rings. The average molecular weight is 263 g/mol. The standard InChI is InChI=1S/C7H10IN3/c1-5-6(8)7-9-3-2-4-11(7)10-5/h9H,2-4H2,1H3. The first kappa shape index (κ1) is 7.39. The van der Waals surface area contributed by atoms with E-state index in [1.165, 1.54) is 15.8 Å². The lowest BCUT2D eigenvalue weighted by molar-refractivity contribution is 0.564. The minimum absolute atomic E-state index is 1.06. The highest BCUT2D eigenvalue weighted by Crippen LogP contribution is 2.23. The zero-order valence-electron chi connectivity index (χ0n) is 6.39. The molecular weight excluding hydrogens is 253 g/mol. The van der Waals surface area contributed by atoms with Crippen LogP contribution >= 0.6 is 22.6 Å². The van der Waals surface area contributed by atoms with Crippen molar-refractivity contribution in [1.82, 2.24) is 9.78 Å². The van der Waals surface area contributed by atoms with E-state index in [2.05, 4.69) is 44.6 Å². The number of halogens is 1. The molecule has 1 aliphatic heterocycles. The van der Waals surface area contributed by atoms with Crippen LogP contribution in [0.25, 0.3) is 0 Å². The maximum Gasteiger partial charge on any atom is 0.138 e. The second kappa shape index (κ2) is 2.66. The Morgan fingerprint density at radius 1 is 1.64 bits per heavy atom. The third kappa shape index (κ3) is 1.13. The van der Waals surface area contributed by atoms with Crippen molar-refractivity contribution in [2.24, 2.45) is 0 Å². The Morgan fingerprint density at radius 3 is 3.18 bits per heavy atom. The van der Waals surface area contributed by atoms with Crippen LogP contribution in [0.5, 0.6) is 0 Å². The Bertz CT molecular complexity index is 279. The van der Waals surface area contributed by atoms with Gasteiger partial charge >= 0.3 is 0 Å². The molecule has 0 saturated heterocycles. The number of aromatic nitrogens is 2.